The Balaban J connectivity index is 1.50. The summed E-state index contributed by atoms with van der Waals surface area (Å²) in [6.07, 6.45) is 2.14. The molecule has 0 bridgehead atoms. The van der Waals surface area contributed by atoms with E-state index >= 15 is 0 Å². The number of hydrogen-bond donors (Lipinski definition) is 1. The van der Waals surface area contributed by atoms with E-state index in [4.69, 9.17) is 4.74 Å². The maximum atomic E-state index is 12.4. The van der Waals surface area contributed by atoms with Crippen molar-refractivity contribution in [2.24, 2.45) is 0 Å². The number of fused-ring (bicyclic) bond motifs is 1. The van der Waals surface area contributed by atoms with Crippen LogP contribution in [0.1, 0.15) is 22.5 Å². The van der Waals surface area contributed by atoms with Crippen molar-refractivity contribution in [2.75, 3.05) is 23.9 Å². The second-order valence-electron chi connectivity index (χ2n) is 6.34. The van der Waals surface area contributed by atoms with Crippen molar-refractivity contribution in [3.63, 3.8) is 0 Å². The molecule has 3 aromatic rings. The molecule has 6 nitrogen and oxygen atoms in total. The van der Waals surface area contributed by atoms with Gasteiger partial charge in [-0.3, -0.25) is 4.79 Å². The Morgan fingerprint density at radius 1 is 1.04 bits per heavy atom. The van der Waals surface area contributed by atoms with Crippen LogP contribution in [-0.2, 0) is 6.42 Å². The number of ether oxygens (including phenoxy) is 1. The van der Waals surface area contributed by atoms with Crippen molar-refractivity contribution in [3.05, 3.63) is 71.9 Å². The lowest BCUT2D eigenvalue weighted by molar-refractivity contribution is 0.102. The zero-order valence-electron chi connectivity index (χ0n) is 15.1. The fourth-order valence-corrected chi connectivity index (χ4v) is 3.23. The quantitative estimate of drug-likeness (QED) is 0.766. The molecule has 0 fully saturated rings. The summed E-state index contributed by atoms with van der Waals surface area (Å²) < 4.78 is 5.11. The van der Waals surface area contributed by atoms with E-state index in [0.29, 0.717) is 5.69 Å². The Morgan fingerprint density at radius 2 is 1.85 bits per heavy atom. The third kappa shape index (κ3) is 3.60. The zero-order chi connectivity index (χ0) is 18.6. The predicted octanol–water partition coefficient (Wildman–Crippen LogP) is 3.82. The van der Waals surface area contributed by atoms with E-state index < -0.39 is 0 Å². The van der Waals surface area contributed by atoms with E-state index in [-0.39, 0.29) is 11.6 Å². The van der Waals surface area contributed by atoms with E-state index in [1.165, 1.54) is 5.56 Å². The summed E-state index contributed by atoms with van der Waals surface area (Å²) in [4.78, 5) is 14.5. The molecule has 0 radical (unpaired) electrons. The number of aryl methyl sites for hydroxylation is 1. The van der Waals surface area contributed by atoms with E-state index in [0.717, 1.165) is 36.6 Å². The Kier molecular flexibility index (Phi) is 4.70. The topological polar surface area (TPSA) is 67.3 Å². The largest absolute Gasteiger partial charge is 0.497 e. The molecular formula is C21H20N4O2. The van der Waals surface area contributed by atoms with Crippen molar-refractivity contribution in [3.8, 4) is 5.75 Å². The average molecular weight is 360 g/mol. The normalized spacial score (nSPS) is 13.0. The summed E-state index contributed by atoms with van der Waals surface area (Å²) in [7, 11) is 1.60. The van der Waals surface area contributed by atoms with Crippen LogP contribution in [0.4, 0.5) is 17.2 Å². The van der Waals surface area contributed by atoms with E-state index in [2.05, 4.69) is 38.6 Å². The molecule has 4 rings (SSSR count). The highest BCUT2D eigenvalue weighted by molar-refractivity contribution is 6.02. The first-order valence-electron chi connectivity index (χ1n) is 8.89. The molecule has 136 valence electrons. The number of para-hydroxylation sites is 1. The van der Waals surface area contributed by atoms with Gasteiger partial charge in [0, 0.05) is 17.9 Å². The monoisotopic (exact) mass is 360 g/mol. The Hall–Kier alpha value is -3.41. The molecular weight excluding hydrogens is 340 g/mol. The molecule has 1 N–H and O–H groups in total. The summed E-state index contributed by atoms with van der Waals surface area (Å²) in [5, 5.41) is 11.2. The molecule has 6 heteroatoms. The van der Waals surface area contributed by atoms with E-state index in [9.17, 15) is 4.79 Å². The Bertz CT molecular complexity index is 939. The van der Waals surface area contributed by atoms with Gasteiger partial charge in [0.05, 0.1) is 7.11 Å². The van der Waals surface area contributed by atoms with Gasteiger partial charge < -0.3 is 15.0 Å². The molecule has 0 saturated carbocycles. The van der Waals surface area contributed by atoms with E-state index in [1.807, 2.05) is 12.1 Å². The van der Waals surface area contributed by atoms with Gasteiger partial charge in [-0.25, -0.2) is 0 Å². The molecule has 2 heterocycles. The van der Waals surface area contributed by atoms with Crippen molar-refractivity contribution >= 4 is 23.1 Å². The van der Waals surface area contributed by atoms with Gasteiger partial charge in [0.2, 0.25) is 0 Å². The number of aromatic nitrogens is 2. The SMILES string of the molecule is COc1ccc(NC(=O)c2ccc(N3CCCc4ccccc43)nn2)cc1. The number of nitrogens with zero attached hydrogens (tertiary/aromatic N) is 3. The molecule has 0 unspecified atom stereocenters. The molecule has 0 saturated heterocycles. The van der Waals surface area contributed by atoms with Gasteiger partial charge in [0.15, 0.2) is 11.5 Å². The molecule has 1 aliphatic rings. The maximum absolute atomic E-state index is 12.4. The summed E-state index contributed by atoms with van der Waals surface area (Å²) >= 11 is 0. The van der Waals surface area contributed by atoms with Crippen molar-refractivity contribution in [2.45, 2.75) is 12.8 Å². The fraction of sp³-hybridized carbons (Fsp3) is 0.190. The molecule has 0 aliphatic carbocycles. The number of methoxy groups -OCH3 is 1. The lowest BCUT2D eigenvalue weighted by Gasteiger charge is -2.29. The van der Waals surface area contributed by atoms with Crippen molar-refractivity contribution in [1.82, 2.24) is 10.2 Å². The van der Waals surface area contributed by atoms with Crippen molar-refractivity contribution in [1.29, 1.82) is 0 Å². The minimum Gasteiger partial charge on any atom is -0.497 e. The standard InChI is InChI=1S/C21H20N4O2/c1-27-17-10-8-16(9-11-17)22-21(26)18-12-13-20(24-23-18)25-14-4-6-15-5-2-3-7-19(15)25/h2-3,5,7-13H,4,6,14H2,1H3,(H,22,26). The zero-order valence-corrected chi connectivity index (χ0v) is 15.1. The molecule has 1 amide bonds. The van der Waals surface area contributed by atoms with Crippen LogP contribution in [0.25, 0.3) is 0 Å². The molecule has 0 atom stereocenters. The number of anilines is 3. The third-order valence-electron chi connectivity index (χ3n) is 4.62. The van der Waals surface area contributed by atoms with Crippen molar-refractivity contribution < 1.29 is 9.53 Å². The van der Waals surface area contributed by atoms with E-state index in [1.54, 1.807) is 37.4 Å². The summed E-state index contributed by atoms with van der Waals surface area (Å²) in [6.45, 7) is 0.892. The van der Waals surface area contributed by atoms with Gasteiger partial charge >= 0.3 is 0 Å². The number of rotatable bonds is 4. The lowest BCUT2D eigenvalue weighted by Crippen LogP contribution is -2.26. The number of hydrogen-bond acceptors (Lipinski definition) is 5. The van der Waals surface area contributed by atoms with Crippen LogP contribution in [0.3, 0.4) is 0 Å². The molecule has 0 spiro atoms. The first-order valence-corrected chi connectivity index (χ1v) is 8.89. The first-order chi connectivity index (χ1) is 13.2. The van der Waals surface area contributed by atoms with Gasteiger partial charge in [-0.15, -0.1) is 10.2 Å². The maximum Gasteiger partial charge on any atom is 0.276 e. The Labute approximate surface area is 157 Å². The number of carbonyl (C=O) groups is 1. The van der Waals surface area contributed by atoms with Gasteiger partial charge in [-0.1, -0.05) is 18.2 Å². The average Bonchev–Trinajstić information content (AvgIpc) is 2.74. The molecule has 2 aromatic carbocycles. The van der Waals surface area contributed by atoms with Crippen LogP contribution in [0.15, 0.2) is 60.7 Å². The highest BCUT2D eigenvalue weighted by Gasteiger charge is 2.19. The summed E-state index contributed by atoms with van der Waals surface area (Å²) in [6, 6.07) is 19.0. The second-order valence-corrected chi connectivity index (χ2v) is 6.34. The van der Waals surface area contributed by atoms with Gasteiger partial charge in [0.1, 0.15) is 5.75 Å². The molecule has 27 heavy (non-hydrogen) atoms. The van der Waals surface area contributed by atoms with Crippen LogP contribution in [0.5, 0.6) is 5.75 Å². The van der Waals surface area contributed by atoms with Crippen LogP contribution in [0.2, 0.25) is 0 Å². The number of nitrogens with one attached hydrogen (secondary N) is 1. The van der Waals surface area contributed by atoms with Crippen LogP contribution in [0, 0.1) is 0 Å². The number of amides is 1. The van der Waals surface area contributed by atoms with Crippen LogP contribution in [-0.4, -0.2) is 29.8 Å². The number of carbonyl (C=O) groups excluding carboxylic acids is 1. The highest BCUT2D eigenvalue weighted by atomic mass is 16.5. The smallest absolute Gasteiger partial charge is 0.276 e. The highest BCUT2D eigenvalue weighted by Crippen LogP contribution is 2.31. The minimum atomic E-state index is -0.293. The van der Waals surface area contributed by atoms with Crippen LogP contribution < -0.4 is 15.0 Å². The van der Waals surface area contributed by atoms with Crippen LogP contribution >= 0.6 is 0 Å². The fourth-order valence-electron chi connectivity index (χ4n) is 3.23. The third-order valence-corrected chi connectivity index (χ3v) is 4.62. The number of benzene rings is 2. The summed E-state index contributed by atoms with van der Waals surface area (Å²) in [5.41, 5.74) is 3.43. The Morgan fingerprint density at radius 3 is 2.59 bits per heavy atom. The minimum absolute atomic E-state index is 0.278. The summed E-state index contributed by atoms with van der Waals surface area (Å²) in [5.74, 6) is 1.19. The predicted molar refractivity (Wildman–Crippen MR) is 105 cm³/mol. The van der Waals surface area contributed by atoms with Gasteiger partial charge in [0.25, 0.3) is 5.91 Å². The van der Waals surface area contributed by atoms with Gasteiger partial charge in [-0.05, 0) is 60.9 Å². The lowest BCUT2D eigenvalue weighted by atomic mass is 10.0. The second kappa shape index (κ2) is 7.45. The molecule has 1 aliphatic heterocycles. The first kappa shape index (κ1) is 17.0. The van der Waals surface area contributed by atoms with Gasteiger partial charge in [-0.2, -0.15) is 0 Å². The molecule has 1 aromatic heterocycles.